The molecule has 1 aliphatic carbocycles. The number of nitrogens with zero attached hydrogens (tertiary/aromatic N) is 1. The number of aromatic carboxylic acids is 1. The Labute approximate surface area is 173 Å². The predicted molar refractivity (Wildman–Crippen MR) is 110 cm³/mol. The highest BCUT2D eigenvalue weighted by Crippen LogP contribution is 2.44. The van der Waals surface area contributed by atoms with E-state index in [-0.39, 0.29) is 34.6 Å². The third kappa shape index (κ3) is 3.36. The van der Waals surface area contributed by atoms with Gasteiger partial charge in [-0.25, -0.2) is 4.79 Å². The van der Waals surface area contributed by atoms with Crippen LogP contribution in [-0.2, 0) is 9.59 Å². The SMILES string of the molecule is Cc1ccccc1C1CC(=O)N(c2ccc(Cl)c(C(=O)O)c2)C2=C1C(=O)CCC2. The van der Waals surface area contributed by atoms with E-state index in [1.54, 1.807) is 6.07 Å². The van der Waals surface area contributed by atoms with Gasteiger partial charge in [0.05, 0.1) is 10.6 Å². The highest BCUT2D eigenvalue weighted by molar-refractivity contribution is 6.33. The van der Waals surface area contributed by atoms with E-state index in [1.807, 2.05) is 31.2 Å². The fourth-order valence-corrected chi connectivity index (χ4v) is 4.55. The van der Waals surface area contributed by atoms with Crippen LogP contribution in [0.5, 0.6) is 0 Å². The van der Waals surface area contributed by atoms with Gasteiger partial charge in [-0.1, -0.05) is 35.9 Å². The zero-order valence-electron chi connectivity index (χ0n) is 15.9. The van der Waals surface area contributed by atoms with Gasteiger partial charge in [0.15, 0.2) is 5.78 Å². The number of carbonyl (C=O) groups is 3. The molecule has 1 N–H and O–H groups in total. The number of benzene rings is 2. The van der Waals surface area contributed by atoms with Gasteiger partial charge in [0, 0.05) is 35.7 Å². The number of ketones is 1. The van der Waals surface area contributed by atoms with Crippen molar-refractivity contribution in [1.29, 1.82) is 0 Å². The number of anilines is 1. The fraction of sp³-hybridized carbons (Fsp3) is 0.261. The summed E-state index contributed by atoms with van der Waals surface area (Å²) in [6.45, 7) is 1.98. The van der Waals surface area contributed by atoms with E-state index in [9.17, 15) is 19.5 Å². The van der Waals surface area contributed by atoms with Crippen LogP contribution in [0.15, 0.2) is 53.7 Å². The molecule has 1 amide bonds. The van der Waals surface area contributed by atoms with Gasteiger partial charge in [-0.3, -0.25) is 14.5 Å². The van der Waals surface area contributed by atoms with E-state index >= 15 is 0 Å². The molecule has 29 heavy (non-hydrogen) atoms. The Balaban J connectivity index is 1.88. The Hall–Kier alpha value is -2.92. The van der Waals surface area contributed by atoms with Crippen LogP contribution in [0.1, 0.15) is 53.1 Å². The first-order valence-corrected chi connectivity index (χ1v) is 9.94. The van der Waals surface area contributed by atoms with Crippen LogP contribution in [0.4, 0.5) is 5.69 Å². The summed E-state index contributed by atoms with van der Waals surface area (Å²) in [6, 6.07) is 12.3. The second-order valence-corrected chi connectivity index (χ2v) is 7.86. The molecule has 1 aliphatic heterocycles. The summed E-state index contributed by atoms with van der Waals surface area (Å²) in [4.78, 5) is 39.2. The molecule has 0 aromatic heterocycles. The maximum absolute atomic E-state index is 13.2. The monoisotopic (exact) mass is 409 g/mol. The molecule has 1 atom stereocenters. The minimum absolute atomic E-state index is 0.0597. The topological polar surface area (TPSA) is 74.7 Å². The van der Waals surface area contributed by atoms with Crippen molar-refractivity contribution in [3.63, 3.8) is 0 Å². The zero-order chi connectivity index (χ0) is 20.7. The standard InChI is InChI=1S/C23H20ClNO4/c1-13-5-2-3-6-15(13)16-12-21(27)25(19-7-4-8-20(26)22(16)19)14-9-10-18(24)17(11-14)23(28)29/h2-3,5-6,9-11,16H,4,7-8,12H2,1H3,(H,28,29). The van der Waals surface area contributed by atoms with Gasteiger partial charge < -0.3 is 5.11 Å². The molecule has 2 aromatic rings. The van der Waals surface area contributed by atoms with Crippen LogP contribution in [0.2, 0.25) is 5.02 Å². The normalized spacial score (nSPS) is 19.4. The predicted octanol–water partition coefficient (Wildman–Crippen LogP) is 4.87. The molecule has 0 bridgehead atoms. The highest BCUT2D eigenvalue weighted by Gasteiger charge is 2.40. The number of amides is 1. The summed E-state index contributed by atoms with van der Waals surface area (Å²) in [5.74, 6) is -1.52. The van der Waals surface area contributed by atoms with Gasteiger partial charge in [-0.15, -0.1) is 0 Å². The van der Waals surface area contributed by atoms with Gasteiger partial charge in [-0.05, 0) is 49.1 Å². The molecule has 6 heteroatoms. The molecule has 1 heterocycles. The maximum Gasteiger partial charge on any atom is 0.337 e. The van der Waals surface area contributed by atoms with E-state index in [4.69, 9.17) is 11.6 Å². The molecule has 5 nitrogen and oxygen atoms in total. The minimum atomic E-state index is -1.16. The van der Waals surface area contributed by atoms with E-state index in [0.29, 0.717) is 36.2 Å². The van der Waals surface area contributed by atoms with Gasteiger partial charge in [0.1, 0.15) is 0 Å². The molecule has 148 valence electrons. The Morgan fingerprint density at radius 1 is 1.14 bits per heavy atom. The number of aryl methyl sites for hydroxylation is 1. The lowest BCUT2D eigenvalue weighted by Gasteiger charge is -2.38. The molecule has 2 aromatic carbocycles. The van der Waals surface area contributed by atoms with E-state index in [2.05, 4.69) is 0 Å². The molecule has 0 fully saturated rings. The molecular weight excluding hydrogens is 390 g/mol. The van der Waals surface area contributed by atoms with Crippen molar-refractivity contribution < 1.29 is 19.5 Å². The lowest BCUT2D eigenvalue weighted by molar-refractivity contribution is -0.119. The number of carboxylic acid groups (broad SMARTS) is 1. The van der Waals surface area contributed by atoms with Gasteiger partial charge in [0.25, 0.3) is 0 Å². The van der Waals surface area contributed by atoms with Crippen LogP contribution in [0.25, 0.3) is 0 Å². The van der Waals surface area contributed by atoms with Crippen molar-refractivity contribution in [2.24, 2.45) is 0 Å². The van der Waals surface area contributed by atoms with Crippen molar-refractivity contribution in [1.82, 2.24) is 0 Å². The molecule has 0 saturated carbocycles. The smallest absolute Gasteiger partial charge is 0.337 e. The van der Waals surface area contributed by atoms with E-state index in [1.165, 1.54) is 17.0 Å². The van der Waals surface area contributed by atoms with Crippen molar-refractivity contribution in [2.45, 2.75) is 38.5 Å². The molecule has 0 radical (unpaired) electrons. The Bertz CT molecular complexity index is 1070. The Morgan fingerprint density at radius 2 is 1.90 bits per heavy atom. The average molecular weight is 410 g/mol. The minimum Gasteiger partial charge on any atom is -0.478 e. The number of carbonyl (C=O) groups excluding carboxylic acids is 2. The van der Waals surface area contributed by atoms with Gasteiger partial charge in [-0.2, -0.15) is 0 Å². The number of Topliss-reactive ketones (excluding diaryl/α,β-unsaturated/α-hetero) is 1. The fourth-order valence-electron chi connectivity index (χ4n) is 4.35. The number of allylic oxidation sites excluding steroid dienone is 2. The van der Waals surface area contributed by atoms with E-state index < -0.39 is 5.97 Å². The van der Waals surface area contributed by atoms with Crippen LogP contribution >= 0.6 is 11.6 Å². The van der Waals surface area contributed by atoms with Crippen molar-refractivity contribution >= 4 is 34.9 Å². The number of rotatable bonds is 3. The molecule has 0 spiro atoms. The third-order valence-corrected chi connectivity index (χ3v) is 6.01. The number of halogens is 1. The Kier molecular flexibility index (Phi) is 5.01. The lowest BCUT2D eigenvalue weighted by atomic mass is 9.76. The number of carboxylic acids is 1. The molecule has 1 unspecified atom stereocenters. The van der Waals surface area contributed by atoms with Gasteiger partial charge in [0.2, 0.25) is 5.91 Å². The molecular formula is C23H20ClNO4. The van der Waals surface area contributed by atoms with Crippen molar-refractivity contribution in [3.05, 3.63) is 75.4 Å². The molecule has 4 rings (SSSR count). The van der Waals surface area contributed by atoms with E-state index in [0.717, 1.165) is 11.1 Å². The summed E-state index contributed by atoms with van der Waals surface area (Å²) in [5, 5.41) is 9.50. The maximum atomic E-state index is 13.2. The zero-order valence-corrected chi connectivity index (χ0v) is 16.7. The van der Waals surface area contributed by atoms with Crippen molar-refractivity contribution in [3.8, 4) is 0 Å². The van der Waals surface area contributed by atoms with Crippen LogP contribution < -0.4 is 4.90 Å². The second kappa shape index (κ2) is 7.48. The number of hydrogen-bond donors (Lipinski definition) is 1. The lowest BCUT2D eigenvalue weighted by Crippen LogP contribution is -2.40. The average Bonchev–Trinajstić information content (AvgIpc) is 2.68. The Morgan fingerprint density at radius 3 is 2.62 bits per heavy atom. The highest BCUT2D eigenvalue weighted by atomic mass is 35.5. The van der Waals surface area contributed by atoms with Crippen LogP contribution in [0, 0.1) is 6.92 Å². The third-order valence-electron chi connectivity index (χ3n) is 5.68. The summed E-state index contributed by atoms with van der Waals surface area (Å²) in [5.41, 5.74) is 3.76. The van der Waals surface area contributed by atoms with Gasteiger partial charge >= 0.3 is 5.97 Å². The first-order valence-electron chi connectivity index (χ1n) is 9.56. The quantitative estimate of drug-likeness (QED) is 0.784. The van der Waals surface area contributed by atoms with Crippen LogP contribution in [0.3, 0.4) is 0 Å². The van der Waals surface area contributed by atoms with Crippen LogP contribution in [-0.4, -0.2) is 22.8 Å². The first kappa shape index (κ1) is 19.4. The largest absolute Gasteiger partial charge is 0.478 e. The summed E-state index contributed by atoms with van der Waals surface area (Å²) in [7, 11) is 0. The number of hydrogen-bond acceptors (Lipinski definition) is 3. The van der Waals surface area contributed by atoms with Crippen molar-refractivity contribution in [2.75, 3.05) is 4.90 Å². The summed E-state index contributed by atoms with van der Waals surface area (Å²) >= 11 is 6.00. The first-order chi connectivity index (χ1) is 13.9. The second-order valence-electron chi connectivity index (χ2n) is 7.45. The summed E-state index contributed by atoms with van der Waals surface area (Å²) < 4.78 is 0. The molecule has 0 saturated heterocycles. The molecule has 2 aliphatic rings. The summed E-state index contributed by atoms with van der Waals surface area (Å²) in [6.07, 6.45) is 1.90.